The normalized spacial score (nSPS) is 15.0. The molecule has 7 nitrogen and oxygen atoms in total. The van der Waals surface area contributed by atoms with Crippen molar-refractivity contribution in [2.24, 2.45) is 0 Å². The van der Waals surface area contributed by atoms with Crippen LogP contribution in [0.1, 0.15) is 37.7 Å². The van der Waals surface area contributed by atoms with Crippen LogP contribution in [-0.2, 0) is 6.54 Å². The van der Waals surface area contributed by atoms with E-state index in [-0.39, 0.29) is 23.5 Å². The van der Waals surface area contributed by atoms with Crippen molar-refractivity contribution in [1.82, 2.24) is 9.97 Å². The minimum atomic E-state index is -0.481. The first-order valence-corrected chi connectivity index (χ1v) is 8.18. The Morgan fingerprint density at radius 3 is 2.62 bits per heavy atom. The number of nitrogens with one attached hydrogen (secondary N) is 1. The number of hydrogen-bond acceptors (Lipinski definition) is 6. The largest absolute Gasteiger partial charge is 0.469 e. The third kappa shape index (κ3) is 3.98. The third-order valence-electron chi connectivity index (χ3n) is 4.10. The van der Waals surface area contributed by atoms with Gasteiger partial charge in [0.05, 0.1) is 4.92 Å². The van der Waals surface area contributed by atoms with E-state index in [2.05, 4.69) is 15.3 Å². The summed E-state index contributed by atoms with van der Waals surface area (Å²) in [4.78, 5) is 19.0. The van der Waals surface area contributed by atoms with E-state index < -0.39 is 4.92 Å². The van der Waals surface area contributed by atoms with Gasteiger partial charge in [-0.25, -0.2) is 4.98 Å². The Kier molecular flexibility index (Phi) is 5.20. The van der Waals surface area contributed by atoms with Crippen molar-refractivity contribution < 1.29 is 9.66 Å². The molecule has 0 spiro atoms. The number of aromatic nitrogens is 2. The fourth-order valence-corrected chi connectivity index (χ4v) is 2.87. The third-order valence-corrected chi connectivity index (χ3v) is 4.10. The van der Waals surface area contributed by atoms with Crippen molar-refractivity contribution in [3.63, 3.8) is 0 Å². The topological polar surface area (TPSA) is 90.2 Å². The van der Waals surface area contributed by atoms with Gasteiger partial charge in [-0.3, -0.25) is 10.1 Å². The average molecular weight is 328 g/mol. The molecule has 0 amide bonds. The van der Waals surface area contributed by atoms with Crippen molar-refractivity contribution in [2.45, 2.75) is 44.8 Å². The number of hydrogen-bond donors (Lipinski definition) is 1. The lowest BCUT2D eigenvalue weighted by Crippen LogP contribution is -2.21. The molecule has 0 radical (unpaired) electrons. The van der Waals surface area contributed by atoms with E-state index in [1.54, 1.807) is 0 Å². The zero-order valence-corrected chi connectivity index (χ0v) is 13.4. The molecule has 0 bridgehead atoms. The Balaban J connectivity index is 1.78. The van der Waals surface area contributed by atoms with Crippen molar-refractivity contribution in [2.75, 3.05) is 5.32 Å². The first-order chi connectivity index (χ1) is 11.7. The molecule has 1 aliphatic rings. The first kappa shape index (κ1) is 16.2. The number of ether oxygens (including phenoxy) is 1. The van der Waals surface area contributed by atoms with E-state index in [9.17, 15) is 10.1 Å². The van der Waals surface area contributed by atoms with E-state index >= 15 is 0 Å². The molecule has 7 heteroatoms. The summed E-state index contributed by atoms with van der Waals surface area (Å²) in [5, 5.41) is 14.5. The molecule has 2 aromatic rings. The zero-order chi connectivity index (χ0) is 16.8. The Morgan fingerprint density at radius 1 is 1.17 bits per heavy atom. The second-order valence-electron chi connectivity index (χ2n) is 5.85. The molecule has 24 heavy (non-hydrogen) atoms. The predicted molar refractivity (Wildman–Crippen MR) is 90.0 cm³/mol. The molecule has 0 saturated heterocycles. The molecule has 3 rings (SSSR count). The van der Waals surface area contributed by atoms with Gasteiger partial charge in [-0.05, 0) is 31.2 Å². The fraction of sp³-hybridized carbons (Fsp3) is 0.412. The van der Waals surface area contributed by atoms with E-state index in [4.69, 9.17) is 4.74 Å². The summed E-state index contributed by atoms with van der Waals surface area (Å²) < 4.78 is 5.81. The molecule has 1 saturated carbocycles. The molecule has 0 atom stereocenters. The molecule has 0 aliphatic heterocycles. The van der Waals surface area contributed by atoms with Crippen LogP contribution in [0.3, 0.4) is 0 Å². The van der Waals surface area contributed by atoms with Crippen LogP contribution in [0.5, 0.6) is 5.88 Å². The molecule has 1 heterocycles. The summed E-state index contributed by atoms with van der Waals surface area (Å²) in [5.74, 6) is 0.238. The van der Waals surface area contributed by atoms with E-state index in [0.717, 1.165) is 31.2 Å². The summed E-state index contributed by atoms with van der Waals surface area (Å²) in [5.41, 5.74) is 0.819. The highest BCUT2D eigenvalue weighted by Gasteiger charge is 2.27. The summed E-state index contributed by atoms with van der Waals surface area (Å²) >= 11 is 0. The SMILES string of the molecule is O=[N+]([O-])c1c(NCc2ccccc2)ncnc1OC1CCCCC1. The van der Waals surface area contributed by atoms with Gasteiger partial charge < -0.3 is 10.1 Å². The van der Waals surface area contributed by atoms with Gasteiger partial charge in [-0.2, -0.15) is 4.98 Å². The van der Waals surface area contributed by atoms with Crippen molar-refractivity contribution >= 4 is 11.5 Å². The van der Waals surface area contributed by atoms with Crippen LogP contribution < -0.4 is 10.1 Å². The van der Waals surface area contributed by atoms with Crippen molar-refractivity contribution in [3.05, 3.63) is 52.3 Å². The maximum atomic E-state index is 11.5. The van der Waals surface area contributed by atoms with Crippen LogP contribution in [0, 0.1) is 10.1 Å². The van der Waals surface area contributed by atoms with Crippen LogP contribution in [0.25, 0.3) is 0 Å². The van der Waals surface area contributed by atoms with Crippen molar-refractivity contribution in [1.29, 1.82) is 0 Å². The molecule has 126 valence electrons. The second kappa shape index (κ2) is 7.72. The maximum absolute atomic E-state index is 11.5. The highest BCUT2D eigenvalue weighted by Crippen LogP contribution is 2.33. The minimum absolute atomic E-state index is 0.00526. The average Bonchev–Trinajstić information content (AvgIpc) is 2.61. The van der Waals surface area contributed by atoms with E-state index in [0.29, 0.717) is 6.54 Å². The lowest BCUT2D eigenvalue weighted by atomic mass is 9.98. The molecule has 1 aromatic carbocycles. The van der Waals surface area contributed by atoms with Gasteiger partial charge in [-0.15, -0.1) is 0 Å². The Hall–Kier alpha value is -2.70. The van der Waals surface area contributed by atoms with Crippen LogP contribution >= 0.6 is 0 Å². The summed E-state index contributed by atoms with van der Waals surface area (Å²) in [6.07, 6.45) is 6.48. The van der Waals surface area contributed by atoms with Gasteiger partial charge in [0, 0.05) is 6.54 Å². The highest BCUT2D eigenvalue weighted by molar-refractivity contribution is 5.61. The minimum Gasteiger partial charge on any atom is -0.469 e. The lowest BCUT2D eigenvalue weighted by molar-refractivity contribution is -0.385. The Morgan fingerprint density at radius 2 is 1.92 bits per heavy atom. The number of rotatable bonds is 6. The Bertz CT molecular complexity index is 687. The first-order valence-electron chi connectivity index (χ1n) is 8.18. The standard InChI is InChI=1S/C17H20N4O3/c22-21(23)15-16(18-11-13-7-3-1-4-8-13)19-12-20-17(15)24-14-9-5-2-6-10-14/h1,3-4,7-8,12,14H,2,5-6,9-11H2,(H,18,19,20). The van der Waals surface area contributed by atoms with Gasteiger partial charge in [-0.1, -0.05) is 36.8 Å². The number of anilines is 1. The van der Waals surface area contributed by atoms with Crippen LogP contribution in [-0.4, -0.2) is 21.0 Å². The number of benzene rings is 1. The second-order valence-corrected chi connectivity index (χ2v) is 5.85. The van der Waals surface area contributed by atoms with Gasteiger partial charge in [0.15, 0.2) is 0 Å². The molecule has 1 fully saturated rings. The number of nitrogens with zero attached hydrogens (tertiary/aromatic N) is 3. The Labute approximate surface area is 140 Å². The number of nitro groups is 1. The van der Waals surface area contributed by atoms with Gasteiger partial charge in [0.25, 0.3) is 5.88 Å². The smallest absolute Gasteiger partial charge is 0.372 e. The monoisotopic (exact) mass is 328 g/mol. The molecule has 1 N–H and O–H groups in total. The van der Waals surface area contributed by atoms with Gasteiger partial charge in [0.2, 0.25) is 5.82 Å². The lowest BCUT2D eigenvalue weighted by Gasteiger charge is -2.22. The van der Waals surface area contributed by atoms with E-state index in [1.165, 1.54) is 12.7 Å². The van der Waals surface area contributed by atoms with Crippen LogP contribution in [0.15, 0.2) is 36.7 Å². The summed E-state index contributed by atoms with van der Waals surface area (Å²) in [6.45, 7) is 0.446. The maximum Gasteiger partial charge on any atom is 0.372 e. The molecular formula is C17H20N4O3. The van der Waals surface area contributed by atoms with Gasteiger partial charge in [0.1, 0.15) is 12.4 Å². The predicted octanol–water partition coefficient (Wildman–Crippen LogP) is 3.71. The zero-order valence-electron chi connectivity index (χ0n) is 13.4. The van der Waals surface area contributed by atoms with Gasteiger partial charge >= 0.3 is 5.69 Å². The molecule has 1 aromatic heterocycles. The molecular weight excluding hydrogens is 308 g/mol. The van der Waals surface area contributed by atoms with Crippen LogP contribution in [0.2, 0.25) is 0 Å². The highest BCUT2D eigenvalue weighted by atomic mass is 16.6. The quantitative estimate of drug-likeness (QED) is 0.642. The summed E-state index contributed by atoms with van der Waals surface area (Å²) in [6, 6.07) is 9.65. The van der Waals surface area contributed by atoms with Crippen LogP contribution in [0.4, 0.5) is 11.5 Å². The fourth-order valence-electron chi connectivity index (χ4n) is 2.87. The van der Waals surface area contributed by atoms with E-state index in [1.807, 2.05) is 30.3 Å². The van der Waals surface area contributed by atoms with Crippen molar-refractivity contribution in [3.8, 4) is 5.88 Å². The summed E-state index contributed by atoms with van der Waals surface area (Å²) in [7, 11) is 0. The molecule has 0 unspecified atom stereocenters. The molecule has 1 aliphatic carbocycles.